The third-order valence-electron chi connectivity index (χ3n) is 3.18. The first-order valence-electron chi connectivity index (χ1n) is 5.97. The summed E-state index contributed by atoms with van der Waals surface area (Å²) in [5, 5.41) is 0. The minimum absolute atomic E-state index is 0.150. The van der Waals surface area contributed by atoms with Gasteiger partial charge in [0.25, 0.3) is 0 Å². The van der Waals surface area contributed by atoms with Crippen LogP contribution in [0.2, 0.25) is 0 Å². The highest BCUT2D eigenvalue weighted by atomic mass is 32.1. The number of thiazole rings is 1. The van der Waals surface area contributed by atoms with E-state index in [0.717, 1.165) is 14.5 Å². The number of rotatable bonds is 2. The van der Waals surface area contributed by atoms with Gasteiger partial charge in [-0.1, -0.05) is 0 Å². The first-order chi connectivity index (χ1) is 8.40. The Kier molecular flexibility index (Phi) is 3.89. The predicted octanol–water partition coefficient (Wildman–Crippen LogP) is 2.29. The SMILES string of the molecule is Cc1[nH]c(=S)sc1CC(=O)N1CCOCC1(C)C. The van der Waals surface area contributed by atoms with Gasteiger partial charge in [-0.05, 0) is 33.0 Å². The maximum absolute atomic E-state index is 12.4. The summed E-state index contributed by atoms with van der Waals surface area (Å²) in [5.41, 5.74) is 0.783. The lowest BCUT2D eigenvalue weighted by atomic mass is 10.0. The highest BCUT2D eigenvalue weighted by Gasteiger charge is 2.34. The molecule has 0 unspecified atom stereocenters. The number of nitrogens with zero attached hydrogens (tertiary/aromatic N) is 1. The van der Waals surface area contributed by atoms with Crippen LogP contribution in [0.25, 0.3) is 0 Å². The lowest BCUT2D eigenvalue weighted by Gasteiger charge is -2.42. The molecule has 1 aromatic heterocycles. The van der Waals surface area contributed by atoms with Crippen molar-refractivity contribution in [1.82, 2.24) is 9.88 Å². The summed E-state index contributed by atoms with van der Waals surface area (Å²) in [4.78, 5) is 18.4. The Morgan fingerprint density at radius 1 is 1.61 bits per heavy atom. The highest BCUT2D eigenvalue weighted by molar-refractivity contribution is 7.73. The van der Waals surface area contributed by atoms with Gasteiger partial charge in [-0.25, -0.2) is 0 Å². The summed E-state index contributed by atoms with van der Waals surface area (Å²) in [7, 11) is 0. The second-order valence-corrected chi connectivity index (χ2v) is 6.92. The molecule has 0 saturated carbocycles. The normalized spacial score (nSPS) is 18.9. The van der Waals surface area contributed by atoms with Crippen molar-refractivity contribution in [2.45, 2.75) is 32.7 Å². The molecule has 100 valence electrons. The Hall–Kier alpha value is -0.720. The van der Waals surface area contributed by atoms with Crippen molar-refractivity contribution in [3.8, 4) is 0 Å². The number of aryl methyl sites for hydroxylation is 1. The van der Waals surface area contributed by atoms with Crippen LogP contribution < -0.4 is 0 Å². The first kappa shape index (κ1) is 13.7. The van der Waals surface area contributed by atoms with Crippen molar-refractivity contribution in [2.75, 3.05) is 19.8 Å². The monoisotopic (exact) mass is 286 g/mol. The Labute approximate surface area is 116 Å². The van der Waals surface area contributed by atoms with E-state index in [2.05, 4.69) is 4.98 Å². The molecule has 0 aliphatic carbocycles. The van der Waals surface area contributed by atoms with Crippen molar-refractivity contribution >= 4 is 29.5 Å². The van der Waals surface area contributed by atoms with Crippen LogP contribution >= 0.6 is 23.6 Å². The molecule has 6 heteroatoms. The fourth-order valence-corrected chi connectivity index (χ4v) is 3.44. The standard InChI is InChI=1S/C12H18N2O2S2/c1-8-9(18-11(17)13-8)6-10(15)14-4-5-16-7-12(14,2)3/h4-7H2,1-3H3,(H,13,17). The van der Waals surface area contributed by atoms with Gasteiger partial charge in [-0.15, -0.1) is 11.3 Å². The number of aromatic amines is 1. The average molecular weight is 286 g/mol. The van der Waals surface area contributed by atoms with Crippen LogP contribution in [0, 0.1) is 10.9 Å². The lowest BCUT2D eigenvalue weighted by Crippen LogP contribution is -2.55. The van der Waals surface area contributed by atoms with E-state index in [0.29, 0.717) is 26.2 Å². The Bertz CT molecular complexity index is 504. The van der Waals surface area contributed by atoms with E-state index in [1.165, 1.54) is 11.3 Å². The minimum Gasteiger partial charge on any atom is -0.377 e. The third kappa shape index (κ3) is 2.81. The zero-order valence-electron chi connectivity index (χ0n) is 10.9. The van der Waals surface area contributed by atoms with Crippen LogP contribution in [-0.4, -0.2) is 41.1 Å². The van der Waals surface area contributed by atoms with E-state index in [-0.39, 0.29) is 11.4 Å². The van der Waals surface area contributed by atoms with E-state index >= 15 is 0 Å². The first-order valence-corrected chi connectivity index (χ1v) is 7.19. The molecule has 1 aliphatic rings. The molecule has 2 rings (SSSR count). The number of nitrogens with one attached hydrogen (secondary N) is 1. The molecule has 0 spiro atoms. The Morgan fingerprint density at radius 2 is 2.33 bits per heavy atom. The number of H-pyrrole nitrogens is 1. The molecular weight excluding hydrogens is 268 g/mol. The van der Waals surface area contributed by atoms with Crippen LogP contribution in [0.4, 0.5) is 0 Å². The van der Waals surface area contributed by atoms with Gasteiger partial charge in [0.2, 0.25) is 5.91 Å². The lowest BCUT2D eigenvalue weighted by molar-refractivity contribution is -0.145. The maximum atomic E-state index is 12.4. The van der Waals surface area contributed by atoms with Gasteiger partial charge >= 0.3 is 0 Å². The molecule has 1 N–H and O–H groups in total. The largest absolute Gasteiger partial charge is 0.377 e. The van der Waals surface area contributed by atoms with Gasteiger partial charge in [0.05, 0.1) is 25.2 Å². The van der Waals surface area contributed by atoms with Crippen LogP contribution in [0.1, 0.15) is 24.4 Å². The zero-order valence-corrected chi connectivity index (χ0v) is 12.5. The quantitative estimate of drug-likeness (QED) is 0.849. The van der Waals surface area contributed by atoms with E-state index < -0.39 is 0 Å². The molecule has 1 saturated heterocycles. The summed E-state index contributed by atoms with van der Waals surface area (Å²) < 4.78 is 6.16. The van der Waals surface area contributed by atoms with Crippen LogP contribution in [0.5, 0.6) is 0 Å². The Balaban J connectivity index is 2.12. The van der Waals surface area contributed by atoms with Gasteiger partial charge < -0.3 is 14.6 Å². The van der Waals surface area contributed by atoms with E-state index in [1.54, 1.807) is 0 Å². The second kappa shape index (κ2) is 5.11. The molecule has 2 heterocycles. The summed E-state index contributed by atoms with van der Waals surface area (Å²) in [5.74, 6) is 0.150. The van der Waals surface area contributed by atoms with E-state index in [1.807, 2.05) is 25.7 Å². The molecule has 1 amide bonds. The smallest absolute Gasteiger partial charge is 0.228 e. The molecule has 18 heavy (non-hydrogen) atoms. The number of hydrogen-bond donors (Lipinski definition) is 1. The van der Waals surface area contributed by atoms with Crippen LogP contribution in [0.15, 0.2) is 0 Å². The maximum Gasteiger partial charge on any atom is 0.228 e. The molecule has 1 aliphatic heterocycles. The minimum atomic E-state index is -0.221. The number of aromatic nitrogens is 1. The van der Waals surface area contributed by atoms with Crippen molar-refractivity contribution in [3.05, 3.63) is 14.5 Å². The van der Waals surface area contributed by atoms with Crippen molar-refractivity contribution in [3.63, 3.8) is 0 Å². The zero-order chi connectivity index (χ0) is 13.3. The van der Waals surface area contributed by atoms with Gasteiger partial charge in [0.1, 0.15) is 0 Å². The van der Waals surface area contributed by atoms with Crippen LogP contribution in [0.3, 0.4) is 0 Å². The van der Waals surface area contributed by atoms with Crippen LogP contribution in [-0.2, 0) is 16.0 Å². The summed E-state index contributed by atoms with van der Waals surface area (Å²) in [6, 6.07) is 0. The van der Waals surface area contributed by atoms with Gasteiger partial charge in [-0.2, -0.15) is 0 Å². The molecule has 0 bridgehead atoms. The van der Waals surface area contributed by atoms with Gasteiger partial charge in [0.15, 0.2) is 3.95 Å². The van der Waals surface area contributed by atoms with E-state index in [9.17, 15) is 4.79 Å². The molecule has 4 nitrogen and oxygen atoms in total. The summed E-state index contributed by atoms with van der Waals surface area (Å²) in [6.07, 6.45) is 0.424. The molecule has 1 fully saturated rings. The van der Waals surface area contributed by atoms with Gasteiger partial charge in [-0.3, -0.25) is 4.79 Å². The van der Waals surface area contributed by atoms with E-state index in [4.69, 9.17) is 17.0 Å². The average Bonchev–Trinajstić information content (AvgIpc) is 2.56. The number of carbonyl (C=O) groups is 1. The fourth-order valence-electron chi connectivity index (χ4n) is 2.16. The van der Waals surface area contributed by atoms with Crippen molar-refractivity contribution in [1.29, 1.82) is 0 Å². The number of amides is 1. The van der Waals surface area contributed by atoms with Crippen molar-refractivity contribution < 1.29 is 9.53 Å². The number of morpholine rings is 1. The third-order valence-corrected chi connectivity index (χ3v) is 4.52. The molecule has 0 radical (unpaired) electrons. The summed E-state index contributed by atoms with van der Waals surface area (Å²) in [6.45, 7) is 7.92. The molecule has 0 aromatic carbocycles. The van der Waals surface area contributed by atoms with Crippen molar-refractivity contribution in [2.24, 2.45) is 0 Å². The number of carbonyl (C=O) groups excluding carboxylic acids is 1. The fraction of sp³-hybridized carbons (Fsp3) is 0.667. The highest BCUT2D eigenvalue weighted by Crippen LogP contribution is 2.22. The number of hydrogen-bond acceptors (Lipinski definition) is 4. The summed E-state index contributed by atoms with van der Waals surface area (Å²) >= 11 is 6.58. The topological polar surface area (TPSA) is 45.3 Å². The number of ether oxygens (including phenoxy) is 1. The molecule has 1 aromatic rings. The predicted molar refractivity (Wildman–Crippen MR) is 74.6 cm³/mol. The molecule has 0 atom stereocenters. The van der Waals surface area contributed by atoms with Gasteiger partial charge in [0, 0.05) is 17.1 Å². The second-order valence-electron chi connectivity index (χ2n) is 5.15. The molecular formula is C12H18N2O2S2. The Morgan fingerprint density at radius 3 is 2.89 bits per heavy atom.